The molecule has 2 N–H and O–H groups in total. The highest BCUT2D eigenvalue weighted by Gasteiger charge is 2.16. The van der Waals surface area contributed by atoms with E-state index in [1.165, 1.54) is 0 Å². The Morgan fingerprint density at radius 2 is 1.86 bits per heavy atom. The molecule has 3 amide bonds. The molecule has 0 saturated heterocycles. The summed E-state index contributed by atoms with van der Waals surface area (Å²) in [5.41, 5.74) is 0.466. The molecule has 7 heteroatoms. The van der Waals surface area contributed by atoms with Gasteiger partial charge in [-0.05, 0) is 45.5 Å². The lowest BCUT2D eigenvalue weighted by Gasteiger charge is -2.21. The molecule has 0 bridgehead atoms. The van der Waals surface area contributed by atoms with Gasteiger partial charge in [0.1, 0.15) is 0 Å². The van der Waals surface area contributed by atoms with Gasteiger partial charge in [0.2, 0.25) is 5.91 Å². The average Bonchev–Trinajstić information content (AvgIpc) is 2.29. The van der Waals surface area contributed by atoms with E-state index in [1.54, 1.807) is 24.1 Å². The highest BCUT2D eigenvalue weighted by molar-refractivity contribution is 6.35. The largest absolute Gasteiger partial charge is 0.333 e. The molecule has 0 aliphatic heterocycles. The normalized spacial score (nSPS) is 11.4. The second kappa shape index (κ2) is 7.81. The van der Waals surface area contributed by atoms with Crippen LogP contribution in [0.3, 0.4) is 0 Å². The average molecular weight is 346 g/mol. The Labute approximate surface area is 141 Å². The number of halogens is 2. The van der Waals surface area contributed by atoms with Gasteiger partial charge in [0.05, 0.1) is 6.54 Å². The third-order valence-corrected chi connectivity index (χ3v) is 3.20. The molecule has 0 radical (unpaired) electrons. The number of rotatable bonds is 4. The molecule has 22 heavy (non-hydrogen) atoms. The SMILES string of the molecule is CN(CC(=O)NC(=O)NC(C)(C)C)Cc1ccc(Cl)cc1Cl. The van der Waals surface area contributed by atoms with Crippen LogP contribution in [0.1, 0.15) is 26.3 Å². The van der Waals surface area contributed by atoms with Crippen molar-refractivity contribution in [1.82, 2.24) is 15.5 Å². The summed E-state index contributed by atoms with van der Waals surface area (Å²) in [6.45, 7) is 6.07. The second-order valence-electron chi connectivity index (χ2n) is 6.16. The monoisotopic (exact) mass is 345 g/mol. The van der Waals surface area contributed by atoms with Crippen molar-refractivity contribution in [3.05, 3.63) is 33.8 Å². The van der Waals surface area contributed by atoms with E-state index in [2.05, 4.69) is 10.6 Å². The fraction of sp³-hybridized carbons (Fsp3) is 0.467. The molecule has 0 spiro atoms. The quantitative estimate of drug-likeness (QED) is 0.881. The molecular formula is C15H21Cl2N3O2. The summed E-state index contributed by atoms with van der Waals surface area (Å²) in [6.07, 6.45) is 0. The van der Waals surface area contributed by atoms with Crippen LogP contribution >= 0.6 is 23.2 Å². The van der Waals surface area contributed by atoms with Crippen LogP contribution in [0.5, 0.6) is 0 Å². The number of benzene rings is 1. The van der Waals surface area contributed by atoms with Crippen molar-refractivity contribution in [2.45, 2.75) is 32.9 Å². The number of amides is 3. The zero-order chi connectivity index (χ0) is 16.9. The summed E-state index contributed by atoms with van der Waals surface area (Å²) < 4.78 is 0. The van der Waals surface area contributed by atoms with Gasteiger partial charge in [-0.2, -0.15) is 0 Å². The molecular weight excluding hydrogens is 325 g/mol. The molecule has 1 aromatic rings. The number of carbonyl (C=O) groups is 2. The highest BCUT2D eigenvalue weighted by atomic mass is 35.5. The molecule has 0 aliphatic carbocycles. The van der Waals surface area contributed by atoms with Gasteiger partial charge in [0, 0.05) is 22.1 Å². The minimum Gasteiger partial charge on any atom is -0.333 e. The molecule has 0 atom stereocenters. The molecule has 1 aromatic carbocycles. The van der Waals surface area contributed by atoms with Crippen LogP contribution in [0.2, 0.25) is 10.0 Å². The number of urea groups is 1. The minimum absolute atomic E-state index is 0.0799. The number of hydrogen-bond donors (Lipinski definition) is 2. The lowest BCUT2D eigenvalue weighted by molar-refractivity contribution is -0.121. The zero-order valence-corrected chi connectivity index (χ0v) is 14.7. The van der Waals surface area contributed by atoms with E-state index in [1.807, 2.05) is 26.8 Å². The minimum atomic E-state index is -0.504. The maximum atomic E-state index is 11.8. The first-order valence-electron chi connectivity index (χ1n) is 6.81. The van der Waals surface area contributed by atoms with E-state index >= 15 is 0 Å². The summed E-state index contributed by atoms with van der Waals surface area (Å²) in [6, 6.07) is 4.71. The Balaban J connectivity index is 2.49. The van der Waals surface area contributed by atoms with Crippen molar-refractivity contribution in [3.8, 4) is 0 Å². The molecule has 0 fully saturated rings. The van der Waals surface area contributed by atoms with Crippen molar-refractivity contribution in [1.29, 1.82) is 0 Å². The van der Waals surface area contributed by atoms with Gasteiger partial charge in [-0.1, -0.05) is 29.3 Å². The van der Waals surface area contributed by atoms with Gasteiger partial charge >= 0.3 is 6.03 Å². The number of carbonyl (C=O) groups excluding carboxylic acids is 2. The first-order valence-corrected chi connectivity index (χ1v) is 7.57. The summed E-state index contributed by atoms with van der Waals surface area (Å²) in [5, 5.41) is 6.06. The summed E-state index contributed by atoms with van der Waals surface area (Å²) in [4.78, 5) is 25.2. The number of hydrogen-bond acceptors (Lipinski definition) is 3. The van der Waals surface area contributed by atoms with E-state index in [4.69, 9.17) is 23.2 Å². The fourth-order valence-corrected chi connectivity index (χ4v) is 2.25. The Morgan fingerprint density at radius 3 is 2.41 bits per heavy atom. The van der Waals surface area contributed by atoms with Crippen LogP contribution < -0.4 is 10.6 Å². The predicted molar refractivity (Wildman–Crippen MR) is 89.2 cm³/mol. The number of nitrogens with one attached hydrogen (secondary N) is 2. The van der Waals surface area contributed by atoms with Crippen molar-refractivity contribution in [3.63, 3.8) is 0 Å². The summed E-state index contributed by atoms with van der Waals surface area (Å²) >= 11 is 11.9. The summed E-state index contributed by atoms with van der Waals surface area (Å²) in [5.74, 6) is -0.380. The van der Waals surface area contributed by atoms with Crippen molar-refractivity contribution in [2.24, 2.45) is 0 Å². The molecule has 0 saturated carbocycles. The number of likely N-dealkylation sites (N-methyl/N-ethyl adjacent to an activating group) is 1. The van der Waals surface area contributed by atoms with E-state index < -0.39 is 11.6 Å². The highest BCUT2D eigenvalue weighted by Crippen LogP contribution is 2.21. The van der Waals surface area contributed by atoms with E-state index in [-0.39, 0.29) is 12.5 Å². The molecule has 0 unspecified atom stereocenters. The second-order valence-corrected chi connectivity index (χ2v) is 7.00. The van der Waals surface area contributed by atoms with Crippen LogP contribution in [0.25, 0.3) is 0 Å². The zero-order valence-electron chi connectivity index (χ0n) is 13.2. The lowest BCUT2D eigenvalue weighted by Crippen LogP contribution is -2.50. The maximum absolute atomic E-state index is 11.8. The molecule has 0 heterocycles. The Hall–Kier alpha value is -1.30. The third kappa shape index (κ3) is 7.11. The number of nitrogens with zero attached hydrogens (tertiary/aromatic N) is 1. The molecule has 0 aromatic heterocycles. The van der Waals surface area contributed by atoms with Crippen molar-refractivity contribution in [2.75, 3.05) is 13.6 Å². The van der Waals surface area contributed by atoms with Crippen molar-refractivity contribution >= 4 is 35.1 Å². The molecule has 5 nitrogen and oxygen atoms in total. The lowest BCUT2D eigenvalue weighted by atomic mass is 10.1. The Morgan fingerprint density at radius 1 is 1.23 bits per heavy atom. The van der Waals surface area contributed by atoms with Crippen molar-refractivity contribution < 1.29 is 9.59 Å². The van der Waals surface area contributed by atoms with Gasteiger partial charge in [0.15, 0.2) is 0 Å². The van der Waals surface area contributed by atoms with Gasteiger partial charge in [0.25, 0.3) is 0 Å². The van der Waals surface area contributed by atoms with E-state index in [9.17, 15) is 9.59 Å². The van der Waals surface area contributed by atoms with Gasteiger partial charge in [-0.3, -0.25) is 15.0 Å². The van der Waals surface area contributed by atoms with Gasteiger partial charge in [-0.25, -0.2) is 4.79 Å². The smallest absolute Gasteiger partial charge is 0.321 e. The van der Waals surface area contributed by atoms with Gasteiger partial charge < -0.3 is 5.32 Å². The van der Waals surface area contributed by atoms with Crippen LogP contribution in [-0.4, -0.2) is 36.0 Å². The van der Waals surface area contributed by atoms with Crippen LogP contribution in [0, 0.1) is 0 Å². The Bertz CT molecular complexity index is 556. The van der Waals surface area contributed by atoms with Crippen LogP contribution in [0.15, 0.2) is 18.2 Å². The molecule has 1 rings (SSSR count). The first-order chi connectivity index (χ1) is 10.1. The standard InChI is InChI=1S/C15H21Cl2N3O2/c1-15(2,3)19-14(22)18-13(21)9-20(4)8-10-5-6-11(16)7-12(10)17/h5-7H,8-9H2,1-4H3,(H2,18,19,21,22). The third-order valence-electron chi connectivity index (χ3n) is 2.61. The maximum Gasteiger partial charge on any atom is 0.321 e. The topological polar surface area (TPSA) is 61.4 Å². The van der Waals surface area contributed by atoms with E-state index in [0.29, 0.717) is 16.6 Å². The summed E-state index contributed by atoms with van der Waals surface area (Å²) in [7, 11) is 1.77. The molecule has 0 aliphatic rings. The predicted octanol–water partition coefficient (Wildman–Crippen LogP) is 3.05. The van der Waals surface area contributed by atoms with Crippen LogP contribution in [0.4, 0.5) is 4.79 Å². The number of imide groups is 1. The first kappa shape index (κ1) is 18.7. The van der Waals surface area contributed by atoms with Gasteiger partial charge in [-0.15, -0.1) is 0 Å². The fourth-order valence-electron chi connectivity index (χ4n) is 1.78. The Kier molecular flexibility index (Phi) is 6.66. The molecule has 122 valence electrons. The van der Waals surface area contributed by atoms with E-state index in [0.717, 1.165) is 5.56 Å². The van der Waals surface area contributed by atoms with Crippen LogP contribution in [-0.2, 0) is 11.3 Å².